The molecular weight excluding hydrogens is 202 g/mol. The van der Waals surface area contributed by atoms with E-state index in [1.165, 1.54) is 26.1 Å². The summed E-state index contributed by atoms with van der Waals surface area (Å²) < 4.78 is 1.82. The van der Waals surface area contributed by atoms with Crippen LogP contribution in [0.2, 0.25) is 0 Å². The SMILES string of the molecule is CCN1CCC(CNCc2ncnn2C)C1. The molecule has 1 aliphatic heterocycles. The van der Waals surface area contributed by atoms with Gasteiger partial charge in [0.2, 0.25) is 0 Å². The molecule has 1 unspecified atom stereocenters. The minimum absolute atomic E-state index is 0.799. The van der Waals surface area contributed by atoms with E-state index in [1.807, 2.05) is 11.7 Å². The molecule has 1 aromatic heterocycles. The summed E-state index contributed by atoms with van der Waals surface area (Å²) in [5.41, 5.74) is 0. The molecule has 1 N–H and O–H groups in total. The quantitative estimate of drug-likeness (QED) is 0.777. The molecule has 5 heteroatoms. The number of aromatic nitrogens is 3. The number of rotatable bonds is 5. The van der Waals surface area contributed by atoms with E-state index in [-0.39, 0.29) is 0 Å². The molecule has 90 valence electrons. The summed E-state index contributed by atoms with van der Waals surface area (Å²) in [5, 5.41) is 7.51. The molecule has 0 aromatic carbocycles. The highest BCUT2D eigenvalue weighted by atomic mass is 15.3. The Kier molecular flexibility index (Phi) is 3.90. The van der Waals surface area contributed by atoms with Crippen LogP contribution in [0.5, 0.6) is 0 Å². The Morgan fingerprint density at radius 1 is 1.56 bits per heavy atom. The van der Waals surface area contributed by atoms with Crippen LogP contribution >= 0.6 is 0 Å². The molecule has 0 radical (unpaired) electrons. The Bertz CT molecular complexity index is 322. The Labute approximate surface area is 96.8 Å². The van der Waals surface area contributed by atoms with E-state index >= 15 is 0 Å². The standard InChI is InChI=1S/C11H21N5/c1-3-16-5-4-10(8-16)6-12-7-11-13-9-14-15(11)2/h9-10,12H,3-8H2,1-2H3. The van der Waals surface area contributed by atoms with Crippen molar-refractivity contribution in [3.8, 4) is 0 Å². The summed E-state index contributed by atoms with van der Waals surface area (Å²) in [6.45, 7) is 7.81. The van der Waals surface area contributed by atoms with Gasteiger partial charge < -0.3 is 10.2 Å². The van der Waals surface area contributed by atoms with Crippen molar-refractivity contribution >= 4 is 0 Å². The minimum atomic E-state index is 0.799. The molecule has 0 bridgehead atoms. The number of nitrogens with one attached hydrogen (secondary N) is 1. The molecule has 1 saturated heterocycles. The van der Waals surface area contributed by atoms with Crippen molar-refractivity contribution in [3.63, 3.8) is 0 Å². The van der Waals surface area contributed by atoms with Gasteiger partial charge in [-0.1, -0.05) is 6.92 Å². The maximum absolute atomic E-state index is 4.19. The summed E-state index contributed by atoms with van der Waals surface area (Å²) >= 11 is 0. The van der Waals surface area contributed by atoms with Gasteiger partial charge in [0.15, 0.2) is 0 Å². The normalized spacial score (nSPS) is 21.8. The Morgan fingerprint density at radius 2 is 2.44 bits per heavy atom. The number of hydrogen-bond donors (Lipinski definition) is 1. The number of nitrogens with zero attached hydrogens (tertiary/aromatic N) is 4. The highest BCUT2D eigenvalue weighted by molar-refractivity contribution is 4.83. The van der Waals surface area contributed by atoms with Gasteiger partial charge in [-0.2, -0.15) is 5.10 Å². The maximum atomic E-state index is 4.19. The molecule has 0 amide bonds. The van der Waals surface area contributed by atoms with Crippen LogP contribution in [-0.4, -0.2) is 45.8 Å². The fourth-order valence-corrected chi connectivity index (χ4v) is 2.23. The summed E-state index contributed by atoms with van der Waals surface area (Å²) in [7, 11) is 1.93. The fourth-order valence-electron chi connectivity index (χ4n) is 2.23. The largest absolute Gasteiger partial charge is 0.310 e. The molecule has 1 fully saturated rings. The van der Waals surface area contributed by atoms with Crippen LogP contribution in [0.3, 0.4) is 0 Å². The second-order valence-corrected chi connectivity index (χ2v) is 4.48. The van der Waals surface area contributed by atoms with Gasteiger partial charge in [0, 0.05) is 13.6 Å². The molecule has 2 rings (SSSR count). The summed E-state index contributed by atoms with van der Waals surface area (Å²) in [6.07, 6.45) is 2.92. The van der Waals surface area contributed by atoms with E-state index in [1.54, 1.807) is 6.33 Å². The van der Waals surface area contributed by atoms with Crippen LogP contribution in [0.25, 0.3) is 0 Å². The van der Waals surface area contributed by atoms with Gasteiger partial charge in [-0.05, 0) is 32.0 Å². The van der Waals surface area contributed by atoms with Crippen LogP contribution in [0.4, 0.5) is 0 Å². The molecule has 0 spiro atoms. The Hall–Kier alpha value is -0.940. The van der Waals surface area contributed by atoms with Gasteiger partial charge in [-0.25, -0.2) is 4.98 Å². The number of hydrogen-bond acceptors (Lipinski definition) is 4. The molecule has 0 saturated carbocycles. The molecule has 5 nitrogen and oxygen atoms in total. The van der Waals surface area contributed by atoms with Crippen molar-refractivity contribution in [1.29, 1.82) is 0 Å². The first kappa shape index (κ1) is 11.5. The van der Waals surface area contributed by atoms with Crippen LogP contribution in [0.1, 0.15) is 19.2 Å². The van der Waals surface area contributed by atoms with E-state index in [0.717, 1.165) is 24.8 Å². The lowest BCUT2D eigenvalue weighted by Crippen LogP contribution is -2.27. The first-order chi connectivity index (χ1) is 7.79. The van der Waals surface area contributed by atoms with Crippen LogP contribution < -0.4 is 5.32 Å². The zero-order valence-electron chi connectivity index (χ0n) is 10.2. The lowest BCUT2D eigenvalue weighted by Gasteiger charge is -2.13. The average Bonchev–Trinajstić information content (AvgIpc) is 2.89. The van der Waals surface area contributed by atoms with Crippen LogP contribution in [0.15, 0.2) is 6.33 Å². The molecule has 1 atom stereocenters. The summed E-state index contributed by atoms with van der Waals surface area (Å²) in [6, 6.07) is 0. The first-order valence-electron chi connectivity index (χ1n) is 6.05. The zero-order chi connectivity index (χ0) is 11.4. The minimum Gasteiger partial charge on any atom is -0.310 e. The second kappa shape index (κ2) is 5.41. The van der Waals surface area contributed by atoms with Crippen molar-refractivity contribution in [3.05, 3.63) is 12.2 Å². The average molecular weight is 223 g/mol. The molecular formula is C11H21N5. The fraction of sp³-hybridized carbons (Fsp3) is 0.818. The van der Waals surface area contributed by atoms with Crippen molar-refractivity contribution in [2.45, 2.75) is 19.9 Å². The predicted octanol–water partition coefficient (Wildman–Crippen LogP) is 0.246. The van der Waals surface area contributed by atoms with Crippen LogP contribution in [0, 0.1) is 5.92 Å². The summed E-state index contributed by atoms with van der Waals surface area (Å²) in [5.74, 6) is 1.80. The third kappa shape index (κ3) is 2.80. The Morgan fingerprint density at radius 3 is 3.06 bits per heavy atom. The van der Waals surface area contributed by atoms with Gasteiger partial charge in [-0.15, -0.1) is 0 Å². The van der Waals surface area contributed by atoms with Gasteiger partial charge in [0.1, 0.15) is 12.2 Å². The van der Waals surface area contributed by atoms with E-state index in [4.69, 9.17) is 0 Å². The third-order valence-electron chi connectivity index (χ3n) is 3.34. The van der Waals surface area contributed by atoms with Gasteiger partial charge >= 0.3 is 0 Å². The molecule has 1 aromatic rings. The second-order valence-electron chi connectivity index (χ2n) is 4.48. The summed E-state index contributed by atoms with van der Waals surface area (Å²) in [4.78, 5) is 6.70. The highest BCUT2D eigenvalue weighted by Gasteiger charge is 2.20. The number of likely N-dealkylation sites (tertiary alicyclic amines) is 1. The molecule has 16 heavy (non-hydrogen) atoms. The zero-order valence-corrected chi connectivity index (χ0v) is 10.2. The van der Waals surface area contributed by atoms with Crippen molar-refractivity contribution < 1.29 is 0 Å². The van der Waals surface area contributed by atoms with Crippen molar-refractivity contribution in [2.75, 3.05) is 26.2 Å². The van der Waals surface area contributed by atoms with E-state index in [2.05, 4.69) is 27.2 Å². The van der Waals surface area contributed by atoms with E-state index in [9.17, 15) is 0 Å². The Balaban J connectivity index is 1.67. The predicted molar refractivity (Wildman–Crippen MR) is 62.9 cm³/mol. The molecule has 0 aliphatic carbocycles. The lowest BCUT2D eigenvalue weighted by atomic mass is 10.1. The van der Waals surface area contributed by atoms with Crippen molar-refractivity contribution in [2.24, 2.45) is 13.0 Å². The van der Waals surface area contributed by atoms with Gasteiger partial charge in [-0.3, -0.25) is 4.68 Å². The van der Waals surface area contributed by atoms with Crippen molar-refractivity contribution in [1.82, 2.24) is 25.0 Å². The smallest absolute Gasteiger partial charge is 0.140 e. The van der Waals surface area contributed by atoms with E-state index < -0.39 is 0 Å². The first-order valence-corrected chi connectivity index (χ1v) is 6.05. The monoisotopic (exact) mass is 223 g/mol. The number of aryl methyl sites for hydroxylation is 1. The maximum Gasteiger partial charge on any atom is 0.140 e. The van der Waals surface area contributed by atoms with Gasteiger partial charge in [0.05, 0.1) is 6.54 Å². The van der Waals surface area contributed by atoms with Crippen LogP contribution in [-0.2, 0) is 13.6 Å². The molecule has 2 heterocycles. The lowest BCUT2D eigenvalue weighted by molar-refractivity contribution is 0.338. The molecule has 1 aliphatic rings. The third-order valence-corrected chi connectivity index (χ3v) is 3.34. The highest BCUT2D eigenvalue weighted by Crippen LogP contribution is 2.14. The topological polar surface area (TPSA) is 46.0 Å². The van der Waals surface area contributed by atoms with E-state index in [0.29, 0.717) is 0 Å². The van der Waals surface area contributed by atoms with Gasteiger partial charge in [0.25, 0.3) is 0 Å².